The van der Waals surface area contributed by atoms with E-state index in [-0.39, 0.29) is 29.8 Å². The summed E-state index contributed by atoms with van der Waals surface area (Å²) in [6.07, 6.45) is 2.66. The van der Waals surface area contributed by atoms with Crippen LogP contribution in [-0.4, -0.2) is 46.9 Å². The van der Waals surface area contributed by atoms with Crippen molar-refractivity contribution in [3.63, 3.8) is 0 Å². The quantitative estimate of drug-likeness (QED) is 0.726. The van der Waals surface area contributed by atoms with Gasteiger partial charge in [-0.1, -0.05) is 25.2 Å². The number of ether oxygens (including phenoxy) is 2. The molecule has 9 nitrogen and oxygen atoms in total. The Bertz CT molecular complexity index is 932. The van der Waals surface area contributed by atoms with Crippen molar-refractivity contribution >= 4 is 29.0 Å². The fourth-order valence-electron chi connectivity index (χ4n) is 3.46. The zero-order valence-corrected chi connectivity index (χ0v) is 17.8. The van der Waals surface area contributed by atoms with Crippen LogP contribution in [0.4, 0.5) is 10.5 Å². The van der Waals surface area contributed by atoms with Gasteiger partial charge in [-0.15, -0.1) is 10.2 Å². The van der Waals surface area contributed by atoms with E-state index in [1.165, 1.54) is 11.3 Å². The third kappa shape index (κ3) is 4.48. The average Bonchev–Trinajstić information content (AvgIpc) is 3.46. The lowest BCUT2D eigenvalue weighted by Crippen LogP contribution is -2.40. The van der Waals surface area contributed by atoms with Crippen molar-refractivity contribution in [2.45, 2.75) is 39.2 Å². The van der Waals surface area contributed by atoms with Crippen LogP contribution in [0.15, 0.2) is 18.2 Å². The summed E-state index contributed by atoms with van der Waals surface area (Å²) in [6, 6.07) is 4.97. The Kier molecular flexibility index (Phi) is 6.03. The summed E-state index contributed by atoms with van der Waals surface area (Å²) in [7, 11) is 0. The minimum Gasteiger partial charge on any atom is -0.454 e. The Morgan fingerprint density at radius 1 is 1.27 bits per heavy atom. The van der Waals surface area contributed by atoms with Crippen LogP contribution in [0.1, 0.15) is 54.0 Å². The lowest BCUT2D eigenvalue weighted by Gasteiger charge is -2.23. The van der Waals surface area contributed by atoms with Gasteiger partial charge >= 0.3 is 6.03 Å². The van der Waals surface area contributed by atoms with Gasteiger partial charge in [0.2, 0.25) is 11.8 Å². The first-order valence-electron chi connectivity index (χ1n) is 10.1. The van der Waals surface area contributed by atoms with Crippen molar-refractivity contribution in [3.05, 3.63) is 28.2 Å². The van der Waals surface area contributed by atoms with Gasteiger partial charge in [0.25, 0.3) is 5.91 Å². The molecule has 0 spiro atoms. The van der Waals surface area contributed by atoms with Crippen LogP contribution in [0.5, 0.6) is 11.5 Å². The van der Waals surface area contributed by atoms with Gasteiger partial charge in [0, 0.05) is 24.8 Å². The number of nitrogens with zero attached hydrogens (tertiary/aromatic N) is 3. The van der Waals surface area contributed by atoms with Crippen molar-refractivity contribution in [3.8, 4) is 11.5 Å². The van der Waals surface area contributed by atoms with E-state index in [2.05, 4.69) is 34.7 Å². The van der Waals surface area contributed by atoms with Gasteiger partial charge < -0.3 is 25.0 Å². The number of nitrogens with one attached hydrogen (secondary N) is 2. The van der Waals surface area contributed by atoms with Crippen LogP contribution < -0.4 is 20.1 Å². The van der Waals surface area contributed by atoms with E-state index >= 15 is 0 Å². The summed E-state index contributed by atoms with van der Waals surface area (Å²) in [5.74, 6) is 1.44. The monoisotopic (exact) mass is 431 g/mol. The third-order valence-corrected chi connectivity index (χ3v) is 6.09. The fraction of sp³-hybridized carbons (Fsp3) is 0.500. The van der Waals surface area contributed by atoms with Crippen LogP contribution >= 0.6 is 11.3 Å². The minimum atomic E-state index is -0.344. The summed E-state index contributed by atoms with van der Waals surface area (Å²) in [4.78, 5) is 26.9. The van der Waals surface area contributed by atoms with E-state index in [1.807, 2.05) is 0 Å². The lowest BCUT2D eigenvalue weighted by molar-refractivity contribution is 0.102. The zero-order valence-electron chi connectivity index (χ0n) is 17.0. The maximum atomic E-state index is 12.6. The molecule has 0 unspecified atom stereocenters. The minimum absolute atomic E-state index is 0.0836. The molecule has 10 heteroatoms. The van der Waals surface area contributed by atoms with E-state index < -0.39 is 0 Å². The van der Waals surface area contributed by atoms with E-state index in [0.717, 1.165) is 19.3 Å². The smallest absolute Gasteiger partial charge is 0.317 e. The van der Waals surface area contributed by atoms with Crippen molar-refractivity contribution in [1.82, 2.24) is 20.4 Å². The summed E-state index contributed by atoms with van der Waals surface area (Å²) in [5.41, 5.74) is 0.591. The molecular weight excluding hydrogens is 406 g/mol. The van der Waals surface area contributed by atoms with Crippen LogP contribution in [0, 0.1) is 5.92 Å². The highest BCUT2D eigenvalue weighted by atomic mass is 32.1. The van der Waals surface area contributed by atoms with Crippen molar-refractivity contribution in [2.75, 3.05) is 25.2 Å². The number of rotatable bonds is 6. The van der Waals surface area contributed by atoms with Gasteiger partial charge in [0.05, 0.1) is 6.04 Å². The fourth-order valence-corrected chi connectivity index (χ4v) is 4.34. The molecule has 4 rings (SSSR count). The Balaban J connectivity index is 1.39. The summed E-state index contributed by atoms with van der Waals surface area (Å²) in [5, 5.41) is 15.0. The second-order valence-corrected chi connectivity index (χ2v) is 8.74. The van der Waals surface area contributed by atoms with E-state index in [1.54, 1.807) is 23.1 Å². The first-order chi connectivity index (χ1) is 14.5. The molecule has 1 atom stereocenters. The molecule has 2 N–H and O–H groups in total. The van der Waals surface area contributed by atoms with Gasteiger partial charge in [0.15, 0.2) is 11.5 Å². The number of amides is 3. The average molecular weight is 432 g/mol. The molecule has 2 aromatic rings. The van der Waals surface area contributed by atoms with Crippen LogP contribution in [0.2, 0.25) is 0 Å². The molecule has 3 heterocycles. The molecule has 1 aromatic heterocycles. The molecule has 2 aliphatic rings. The summed E-state index contributed by atoms with van der Waals surface area (Å²) < 4.78 is 10.6. The van der Waals surface area contributed by atoms with Crippen LogP contribution in [0.25, 0.3) is 0 Å². The maximum Gasteiger partial charge on any atom is 0.317 e. The highest BCUT2D eigenvalue weighted by Gasteiger charge is 2.33. The van der Waals surface area contributed by atoms with Gasteiger partial charge in [-0.3, -0.25) is 4.79 Å². The van der Waals surface area contributed by atoms with E-state index in [9.17, 15) is 9.59 Å². The Hall–Kier alpha value is -2.88. The molecule has 1 fully saturated rings. The van der Waals surface area contributed by atoms with Crippen LogP contribution in [0.3, 0.4) is 0 Å². The highest BCUT2D eigenvalue weighted by molar-refractivity contribution is 7.13. The predicted molar refractivity (Wildman–Crippen MR) is 112 cm³/mol. The largest absolute Gasteiger partial charge is 0.454 e. The van der Waals surface area contributed by atoms with Crippen molar-refractivity contribution < 1.29 is 19.1 Å². The van der Waals surface area contributed by atoms with E-state index in [4.69, 9.17) is 9.47 Å². The van der Waals surface area contributed by atoms with Gasteiger partial charge in [-0.2, -0.15) is 0 Å². The molecule has 1 saturated heterocycles. The number of carbonyl (C=O) groups excluding carboxylic acids is 2. The highest BCUT2D eigenvalue weighted by Crippen LogP contribution is 2.35. The molecule has 0 aliphatic carbocycles. The van der Waals surface area contributed by atoms with Crippen LogP contribution in [-0.2, 0) is 0 Å². The second kappa shape index (κ2) is 8.86. The Labute approximate surface area is 178 Å². The second-order valence-electron chi connectivity index (χ2n) is 7.73. The number of urea groups is 1. The standard InChI is InChI=1S/C20H25N5O4S/c1-12(2)7-8-21-20(27)25-9-3-4-14(25)18-23-24-19(30-18)17(26)22-13-5-6-15-16(10-13)29-11-28-15/h5-6,10,12,14H,3-4,7-9,11H2,1-2H3,(H,21,27)(H,22,26)/t14-/m0/s1. The molecule has 0 bridgehead atoms. The topological polar surface area (TPSA) is 106 Å². The molecule has 1 aromatic carbocycles. The number of carbonyl (C=O) groups is 2. The molecule has 0 saturated carbocycles. The number of benzene rings is 1. The molecule has 2 aliphatic heterocycles. The number of aromatic nitrogens is 2. The maximum absolute atomic E-state index is 12.6. The van der Waals surface area contributed by atoms with Gasteiger partial charge in [-0.05, 0) is 37.3 Å². The first kappa shape index (κ1) is 20.4. The normalized spacial score (nSPS) is 17.4. The molecular formula is C20H25N5O4S. The number of anilines is 1. The van der Waals surface area contributed by atoms with Crippen molar-refractivity contribution in [2.24, 2.45) is 5.92 Å². The van der Waals surface area contributed by atoms with Gasteiger partial charge in [0.1, 0.15) is 5.01 Å². The SMILES string of the molecule is CC(C)CCNC(=O)N1CCC[C@H]1c1nnc(C(=O)Nc2ccc3c(c2)OCO3)s1. The number of hydrogen-bond donors (Lipinski definition) is 2. The predicted octanol–water partition coefficient (Wildman–Crippen LogP) is 3.41. The third-order valence-electron chi connectivity index (χ3n) is 5.06. The summed E-state index contributed by atoms with van der Waals surface area (Å²) in [6.45, 7) is 5.76. The molecule has 0 radical (unpaired) electrons. The van der Waals surface area contributed by atoms with Gasteiger partial charge in [-0.25, -0.2) is 4.79 Å². The Morgan fingerprint density at radius 2 is 2.10 bits per heavy atom. The first-order valence-corrected chi connectivity index (χ1v) is 10.9. The number of likely N-dealkylation sites (tertiary alicyclic amines) is 1. The zero-order chi connectivity index (χ0) is 21.1. The molecule has 30 heavy (non-hydrogen) atoms. The Morgan fingerprint density at radius 3 is 2.93 bits per heavy atom. The lowest BCUT2D eigenvalue weighted by atomic mass is 10.1. The number of hydrogen-bond acceptors (Lipinski definition) is 7. The molecule has 160 valence electrons. The van der Waals surface area contributed by atoms with Crippen molar-refractivity contribution in [1.29, 1.82) is 0 Å². The van der Waals surface area contributed by atoms with E-state index in [0.29, 0.717) is 41.2 Å². The number of fused-ring (bicyclic) bond motifs is 1. The summed E-state index contributed by atoms with van der Waals surface area (Å²) >= 11 is 1.22. The molecule has 3 amide bonds.